The first-order valence-electron chi connectivity index (χ1n) is 4.28. The molecule has 82 valence electrons. The number of rotatable bonds is 3. The lowest BCUT2D eigenvalue weighted by Gasteiger charge is -2.15. The van der Waals surface area contributed by atoms with Crippen LogP contribution >= 0.6 is 23.2 Å². The number of benzene rings is 1. The van der Waals surface area contributed by atoms with Gasteiger partial charge in [-0.05, 0) is 17.7 Å². The van der Waals surface area contributed by atoms with Crippen molar-refractivity contribution in [2.24, 2.45) is 0 Å². The molecule has 0 aliphatic rings. The van der Waals surface area contributed by atoms with Crippen LogP contribution in [0, 0.1) is 5.82 Å². The molecule has 1 aromatic rings. The Kier molecular flexibility index (Phi) is 4.36. The summed E-state index contributed by atoms with van der Waals surface area (Å²) in [7, 11) is 1.63. The first-order valence-corrected chi connectivity index (χ1v) is 5.19. The summed E-state index contributed by atoms with van der Waals surface area (Å²) in [6.45, 7) is 0.367. The molecule has 0 bridgehead atoms. The second-order valence-corrected chi connectivity index (χ2v) is 3.81. The Morgan fingerprint density at radius 2 is 2.20 bits per heavy atom. The van der Waals surface area contributed by atoms with E-state index in [1.165, 1.54) is 17.0 Å². The Bertz CT molecular complexity index is 370. The third-order valence-electron chi connectivity index (χ3n) is 1.94. The van der Waals surface area contributed by atoms with Crippen molar-refractivity contribution in [1.29, 1.82) is 0 Å². The number of nitrogens with zero attached hydrogens (tertiary/aromatic N) is 1. The van der Waals surface area contributed by atoms with Crippen molar-refractivity contribution < 1.29 is 9.18 Å². The highest BCUT2D eigenvalue weighted by Crippen LogP contribution is 2.16. The zero-order valence-electron chi connectivity index (χ0n) is 8.14. The van der Waals surface area contributed by atoms with E-state index < -0.39 is 5.82 Å². The van der Waals surface area contributed by atoms with Crippen molar-refractivity contribution in [2.45, 2.75) is 6.54 Å². The van der Waals surface area contributed by atoms with E-state index in [0.29, 0.717) is 6.54 Å². The Hall–Kier alpha value is -0.800. The summed E-state index contributed by atoms with van der Waals surface area (Å²) in [6, 6.07) is 4.35. The molecule has 0 aromatic heterocycles. The second kappa shape index (κ2) is 5.33. The van der Waals surface area contributed by atoms with Crippen molar-refractivity contribution in [1.82, 2.24) is 4.90 Å². The Morgan fingerprint density at radius 1 is 1.53 bits per heavy atom. The van der Waals surface area contributed by atoms with Gasteiger partial charge in [-0.15, -0.1) is 11.6 Å². The molecule has 0 aliphatic heterocycles. The number of halogens is 3. The minimum Gasteiger partial charge on any atom is -0.340 e. The first kappa shape index (κ1) is 12.3. The van der Waals surface area contributed by atoms with Gasteiger partial charge in [-0.3, -0.25) is 4.79 Å². The topological polar surface area (TPSA) is 20.3 Å². The number of hydrogen-bond donors (Lipinski definition) is 0. The smallest absolute Gasteiger partial charge is 0.237 e. The minimum atomic E-state index is -0.466. The van der Waals surface area contributed by atoms with E-state index in [0.717, 1.165) is 5.56 Å². The average Bonchev–Trinajstić information content (AvgIpc) is 2.22. The summed E-state index contributed by atoms with van der Waals surface area (Å²) >= 11 is 11.0. The predicted octanol–water partition coefficient (Wildman–Crippen LogP) is 2.68. The van der Waals surface area contributed by atoms with Crippen LogP contribution in [0.2, 0.25) is 5.02 Å². The first-order chi connectivity index (χ1) is 7.04. The predicted molar refractivity (Wildman–Crippen MR) is 58.6 cm³/mol. The summed E-state index contributed by atoms with van der Waals surface area (Å²) in [4.78, 5) is 12.6. The van der Waals surface area contributed by atoms with Crippen LogP contribution in [-0.2, 0) is 11.3 Å². The maximum Gasteiger partial charge on any atom is 0.237 e. The number of amides is 1. The number of carbonyl (C=O) groups is 1. The minimum absolute atomic E-state index is 0.0548. The van der Waals surface area contributed by atoms with Crippen LogP contribution in [0.3, 0.4) is 0 Å². The molecule has 0 N–H and O–H groups in total. The average molecular weight is 250 g/mol. The Balaban J connectivity index is 2.73. The van der Waals surface area contributed by atoms with Gasteiger partial charge in [0.05, 0.1) is 5.02 Å². The molecule has 0 saturated heterocycles. The molecule has 1 rings (SSSR count). The molecule has 0 radical (unpaired) electrons. The van der Waals surface area contributed by atoms with E-state index >= 15 is 0 Å². The van der Waals surface area contributed by atoms with Crippen LogP contribution < -0.4 is 0 Å². The third kappa shape index (κ3) is 3.36. The standard InChI is InChI=1S/C10H10Cl2FNO/c1-14(10(15)5-11)6-7-2-3-9(13)8(12)4-7/h2-4H,5-6H2,1H3. The van der Waals surface area contributed by atoms with Crippen molar-refractivity contribution in [2.75, 3.05) is 12.9 Å². The van der Waals surface area contributed by atoms with E-state index in [1.807, 2.05) is 0 Å². The molecule has 1 aromatic carbocycles. The summed E-state index contributed by atoms with van der Waals surface area (Å²) in [5.74, 6) is -0.713. The molecular weight excluding hydrogens is 240 g/mol. The lowest BCUT2D eigenvalue weighted by atomic mass is 10.2. The van der Waals surface area contributed by atoms with Gasteiger partial charge < -0.3 is 4.90 Å². The molecule has 0 unspecified atom stereocenters. The van der Waals surface area contributed by atoms with Crippen molar-refractivity contribution in [3.63, 3.8) is 0 Å². The largest absolute Gasteiger partial charge is 0.340 e. The third-order valence-corrected chi connectivity index (χ3v) is 2.46. The molecule has 0 fully saturated rings. The van der Waals surface area contributed by atoms with Gasteiger partial charge in [-0.1, -0.05) is 17.7 Å². The fourth-order valence-corrected chi connectivity index (χ4v) is 1.51. The monoisotopic (exact) mass is 249 g/mol. The zero-order valence-corrected chi connectivity index (χ0v) is 9.65. The van der Waals surface area contributed by atoms with E-state index in [-0.39, 0.29) is 16.8 Å². The molecule has 0 atom stereocenters. The van der Waals surface area contributed by atoms with E-state index in [1.54, 1.807) is 13.1 Å². The molecule has 0 heterocycles. The molecule has 5 heteroatoms. The summed E-state index contributed by atoms with van der Waals surface area (Å²) in [5.41, 5.74) is 0.766. The van der Waals surface area contributed by atoms with Gasteiger partial charge in [0.1, 0.15) is 11.7 Å². The quantitative estimate of drug-likeness (QED) is 0.755. The molecule has 2 nitrogen and oxygen atoms in total. The van der Waals surface area contributed by atoms with Gasteiger partial charge in [0.2, 0.25) is 5.91 Å². The molecular formula is C10H10Cl2FNO. The lowest BCUT2D eigenvalue weighted by Crippen LogP contribution is -2.27. The lowest BCUT2D eigenvalue weighted by molar-refractivity contribution is -0.127. The zero-order chi connectivity index (χ0) is 11.4. The normalized spacial score (nSPS) is 10.1. The van der Waals surface area contributed by atoms with Crippen molar-refractivity contribution in [3.8, 4) is 0 Å². The van der Waals surface area contributed by atoms with Gasteiger partial charge in [-0.25, -0.2) is 4.39 Å². The van der Waals surface area contributed by atoms with Gasteiger partial charge in [0, 0.05) is 13.6 Å². The van der Waals surface area contributed by atoms with Crippen LogP contribution in [0.1, 0.15) is 5.56 Å². The van der Waals surface area contributed by atoms with E-state index in [4.69, 9.17) is 23.2 Å². The highest BCUT2D eigenvalue weighted by atomic mass is 35.5. The molecule has 15 heavy (non-hydrogen) atoms. The summed E-state index contributed by atoms with van der Waals surface area (Å²) in [6.07, 6.45) is 0. The SMILES string of the molecule is CN(Cc1ccc(F)c(Cl)c1)C(=O)CCl. The highest BCUT2D eigenvalue weighted by Gasteiger charge is 2.08. The summed E-state index contributed by atoms with van der Waals surface area (Å²) < 4.78 is 12.8. The van der Waals surface area contributed by atoms with Crippen molar-refractivity contribution in [3.05, 3.63) is 34.6 Å². The Morgan fingerprint density at radius 3 is 2.73 bits per heavy atom. The number of hydrogen-bond acceptors (Lipinski definition) is 1. The fraction of sp³-hybridized carbons (Fsp3) is 0.300. The van der Waals surface area contributed by atoms with E-state index in [9.17, 15) is 9.18 Å². The van der Waals surface area contributed by atoms with Crippen LogP contribution in [0.15, 0.2) is 18.2 Å². The van der Waals surface area contributed by atoms with Gasteiger partial charge >= 0.3 is 0 Å². The van der Waals surface area contributed by atoms with Crippen LogP contribution in [-0.4, -0.2) is 23.7 Å². The maximum absolute atomic E-state index is 12.8. The van der Waals surface area contributed by atoms with E-state index in [2.05, 4.69) is 0 Å². The Labute approximate surface area is 97.6 Å². The van der Waals surface area contributed by atoms with Crippen LogP contribution in [0.4, 0.5) is 4.39 Å². The molecule has 0 spiro atoms. The van der Waals surface area contributed by atoms with Gasteiger partial charge in [-0.2, -0.15) is 0 Å². The van der Waals surface area contributed by atoms with Gasteiger partial charge in [0.15, 0.2) is 0 Å². The summed E-state index contributed by atoms with van der Waals surface area (Å²) in [5, 5.41) is 0.0548. The number of carbonyl (C=O) groups excluding carboxylic acids is 1. The van der Waals surface area contributed by atoms with Crippen LogP contribution in [0.5, 0.6) is 0 Å². The molecule has 0 saturated carbocycles. The number of alkyl halides is 1. The van der Waals surface area contributed by atoms with Gasteiger partial charge in [0.25, 0.3) is 0 Å². The van der Waals surface area contributed by atoms with Crippen molar-refractivity contribution >= 4 is 29.1 Å². The molecule has 1 amide bonds. The highest BCUT2D eigenvalue weighted by molar-refractivity contribution is 6.30. The molecule has 0 aliphatic carbocycles. The van der Waals surface area contributed by atoms with Crippen LogP contribution in [0.25, 0.3) is 0 Å². The second-order valence-electron chi connectivity index (χ2n) is 3.13. The fourth-order valence-electron chi connectivity index (χ4n) is 1.10. The maximum atomic E-state index is 12.8.